The monoisotopic (exact) mass is 420 g/mol. The summed E-state index contributed by atoms with van der Waals surface area (Å²) in [6.45, 7) is 3.88. The zero-order valence-corrected chi connectivity index (χ0v) is 16.4. The van der Waals surface area contributed by atoms with E-state index >= 15 is 0 Å². The Morgan fingerprint density at radius 1 is 1.32 bits per heavy atom. The molecule has 0 aliphatic heterocycles. The van der Waals surface area contributed by atoms with Crippen LogP contribution in [0.15, 0.2) is 44.6 Å². The highest BCUT2D eigenvalue weighted by Crippen LogP contribution is 2.26. The topological polar surface area (TPSA) is 73.0 Å². The van der Waals surface area contributed by atoms with Gasteiger partial charge in [-0.2, -0.15) is 0 Å². The summed E-state index contributed by atoms with van der Waals surface area (Å²) < 4.78 is 8.13. The Morgan fingerprint density at radius 2 is 2.12 bits per heavy atom. The lowest BCUT2D eigenvalue weighted by molar-refractivity contribution is -0.113. The van der Waals surface area contributed by atoms with Gasteiger partial charge in [0.1, 0.15) is 5.76 Å². The van der Waals surface area contributed by atoms with Crippen LogP contribution in [0.1, 0.15) is 11.3 Å². The molecule has 0 fully saturated rings. The molecule has 1 amide bonds. The molecule has 0 bridgehead atoms. The van der Waals surface area contributed by atoms with Gasteiger partial charge in [-0.05, 0) is 37.6 Å². The minimum Gasteiger partial charge on any atom is -0.469 e. The van der Waals surface area contributed by atoms with Crippen molar-refractivity contribution in [2.24, 2.45) is 7.05 Å². The van der Waals surface area contributed by atoms with Crippen molar-refractivity contribution < 1.29 is 9.21 Å². The Labute approximate surface area is 158 Å². The van der Waals surface area contributed by atoms with Gasteiger partial charge < -0.3 is 14.3 Å². The summed E-state index contributed by atoms with van der Waals surface area (Å²) in [6.07, 6.45) is 1.62. The molecule has 1 N–H and O–H groups in total. The standard InChI is InChI=1S/C17H17BrN4O2S/c1-10-4-5-12(8-14(10)18)19-15(23)9-25-17-21-20-16(22(17)3)13-6-7-24-11(13)2/h4-8H,9H2,1-3H3,(H,19,23). The van der Waals surface area contributed by atoms with Crippen LogP contribution in [-0.2, 0) is 11.8 Å². The summed E-state index contributed by atoms with van der Waals surface area (Å²) >= 11 is 4.80. The van der Waals surface area contributed by atoms with E-state index in [0.29, 0.717) is 5.16 Å². The molecule has 3 aromatic rings. The number of carbonyl (C=O) groups excluding carboxylic acids is 1. The number of aryl methyl sites for hydroxylation is 2. The zero-order valence-electron chi connectivity index (χ0n) is 14.0. The Balaban J connectivity index is 1.64. The van der Waals surface area contributed by atoms with Crippen LogP contribution in [0.25, 0.3) is 11.4 Å². The molecule has 0 spiro atoms. The van der Waals surface area contributed by atoms with E-state index < -0.39 is 0 Å². The molecule has 25 heavy (non-hydrogen) atoms. The van der Waals surface area contributed by atoms with Crippen LogP contribution < -0.4 is 5.32 Å². The summed E-state index contributed by atoms with van der Waals surface area (Å²) in [7, 11) is 1.87. The van der Waals surface area contributed by atoms with E-state index in [4.69, 9.17) is 4.42 Å². The van der Waals surface area contributed by atoms with Crippen LogP contribution in [-0.4, -0.2) is 26.4 Å². The molecule has 0 unspecified atom stereocenters. The van der Waals surface area contributed by atoms with Gasteiger partial charge in [-0.25, -0.2) is 0 Å². The highest BCUT2D eigenvalue weighted by Gasteiger charge is 2.15. The molecule has 0 atom stereocenters. The first-order valence-corrected chi connectivity index (χ1v) is 9.36. The number of hydrogen-bond donors (Lipinski definition) is 1. The van der Waals surface area contributed by atoms with Crippen LogP contribution in [0, 0.1) is 13.8 Å². The predicted molar refractivity (Wildman–Crippen MR) is 102 cm³/mol. The van der Waals surface area contributed by atoms with Gasteiger partial charge in [0.25, 0.3) is 0 Å². The van der Waals surface area contributed by atoms with Gasteiger partial charge in [-0.3, -0.25) is 4.79 Å². The fourth-order valence-electron chi connectivity index (χ4n) is 2.29. The van der Waals surface area contributed by atoms with Gasteiger partial charge in [0.05, 0.1) is 17.6 Å². The second-order valence-electron chi connectivity index (χ2n) is 5.56. The fraction of sp³-hybridized carbons (Fsp3) is 0.235. The highest BCUT2D eigenvalue weighted by molar-refractivity contribution is 9.10. The maximum atomic E-state index is 12.2. The third-order valence-electron chi connectivity index (χ3n) is 3.72. The van der Waals surface area contributed by atoms with E-state index in [-0.39, 0.29) is 11.7 Å². The lowest BCUT2D eigenvalue weighted by Crippen LogP contribution is -2.14. The molecular weight excluding hydrogens is 404 g/mol. The largest absolute Gasteiger partial charge is 0.469 e. The molecule has 1 aromatic carbocycles. The van der Waals surface area contributed by atoms with Crippen molar-refractivity contribution in [3.8, 4) is 11.4 Å². The first-order valence-electron chi connectivity index (χ1n) is 7.58. The van der Waals surface area contributed by atoms with Gasteiger partial charge in [0.2, 0.25) is 5.91 Å². The summed E-state index contributed by atoms with van der Waals surface area (Å²) in [5.74, 6) is 1.66. The second kappa shape index (κ2) is 7.45. The second-order valence-corrected chi connectivity index (χ2v) is 7.35. The lowest BCUT2D eigenvalue weighted by atomic mass is 10.2. The lowest BCUT2D eigenvalue weighted by Gasteiger charge is -2.07. The summed E-state index contributed by atoms with van der Waals surface area (Å²) in [5, 5.41) is 11.9. The van der Waals surface area contributed by atoms with Crippen molar-refractivity contribution in [2.45, 2.75) is 19.0 Å². The molecule has 0 aliphatic rings. The summed E-state index contributed by atoms with van der Waals surface area (Å²) in [4.78, 5) is 12.2. The van der Waals surface area contributed by atoms with Crippen molar-refractivity contribution >= 4 is 39.3 Å². The predicted octanol–water partition coefficient (Wildman–Crippen LogP) is 4.19. The Hall–Kier alpha value is -2.06. The quantitative estimate of drug-likeness (QED) is 0.626. The molecule has 3 rings (SSSR count). The zero-order chi connectivity index (χ0) is 18.0. The number of thioether (sulfide) groups is 1. The van der Waals surface area contributed by atoms with Crippen LogP contribution in [0.4, 0.5) is 5.69 Å². The third kappa shape index (κ3) is 3.96. The first-order chi connectivity index (χ1) is 12.0. The SMILES string of the molecule is Cc1ccc(NC(=O)CSc2nnc(-c3ccoc3C)n2C)cc1Br. The number of rotatable bonds is 5. The molecular formula is C17H17BrN4O2S. The van der Waals surface area contributed by atoms with Crippen molar-refractivity contribution in [2.75, 3.05) is 11.1 Å². The van der Waals surface area contributed by atoms with Gasteiger partial charge >= 0.3 is 0 Å². The van der Waals surface area contributed by atoms with Gasteiger partial charge in [0.15, 0.2) is 11.0 Å². The van der Waals surface area contributed by atoms with Gasteiger partial charge in [-0.15, -0.1) is 10.2 Å². The number of halogens is 1. The normalized spacial score (nSPS) is 10.9. The number of aromatic nitrogens is 3. The molecule has 2 heterocycles. The van der Waals surface area contributed by atoms with Crippen molar-refractivity contribution in [1.29, 1.82) is 0 Å². The number of hydrogen-bond acceptors (Lipinski definition) is 5. The van der Waals surface area contributed by atoms with Crippen molar-refractivity contribution in [3.05, 3.63) is 46.3 Å². The number of amides is 1. The van der Waals surface area contributed by atoms with Gasteiger partial charge in [-0.1, -0.05) is 33.8 Å². The van der Waals surface area contributed by atoms with Crippen LogP contribution >= 0.6 is 27.7 Å². The van der Waals surface area contributed by atoms with Crippen LogP contribution in [0.2, 0.25) is 0 Å². The van der Waals surface area contributed by atoms with Crippen molar-refractivity contribution in [3.63, 3.8) is 0 Å². The number of anilines is 1. The maximum Gasteiger partial charge on any atom is 0.234 e. The van der Waals surface area contributed by atoms with Crippen molar-refractivity contribution in [1.82, 2.24) is 14.8 Å². The average molecular weight is 421 g/mol. The Bertz CT molecular complexity index is 919. The van der Waals surface area contributed by atoms with E-state index in [9.17, 15) is 4.79 Å². The third-order valence-corrected chi connectivity index (χ3v) is 5.60. The Kier molecular flexibility index (Phi) is 5.29. The molecule has 130 valence electrons. The fourth-order valence-corrected chi connectivity index (χ4v) is 3.38. The molecule has 6 nitrogen and oxygen atoms in total. The van der Waals surface area contributed by atoms with E-state index in [1.54, 1.807) is 6.26 Å². The number of carbonyl (C=O) groups is 1. The summed E-state index contributed by atoms with van der Waals surface area (Å²) in [6, 6.07) is 7.58. The van der Waals surface area contributed by atoms with E-state index in [0.717, 1.165) is 32.9 Å². The number of furan rings is 1. The molecule has 0 saturated heterocycles. The molecule has 2 aromatic heterocycles. The highest BCUT2D eigenvalue weighted by atomic mass is 79.9. The molecule has 0 aliphatic carbocycles. The first kappa shape index (κ1) is 17.8. The van der Waals surface area contributed by atoms with Crippen LogP contribution in [0.3, 0.4) is 0 Å². The van der Waals surface area contributed by atoms with E-state index in [1.807, 2.05) is 49.7 Å². The van der Waals surface area contributed by atoms with Gasteiger partial charge in [0, 0.05) is 17.2 Å². The van der Waals surface area contributed by atoms with Crippen LogP contribution in [0.5, 0.6) is 0 Å². The minimum atomic E-state index is -0.0928. The number of benzene rings is 1. The molecule has 0 saturated carbocycles. The average Bonchev–Trinajstić information content (AvgIpc) is 3.14. The molecule has 8 heteroatoms. The maximum absolute atomic E-state index is 12.2. The minimum absolute atomic E-state index is 0.0928. The van der Waals surface area contributed by atoms with E-state index in [1.165, 1.54) is 11.8 Å². The summed E-state index contributed by atoms with van der Waals surface area (Å²) in [5.41, 5.74) is 2.78. The smallest absolute Gasteiger partial charge is 0.234 e. The Morgan fingerprint density at radius 3 is 2.80 bits per heavy atom. The molecule has 0 radical (unpaired) electrons. The number of nitrogens with zero attached hydrogens (tertiary/aromatic N) is 3. The van der Waals surface area contributed by atoms with E-state index in [2.05, 4.69) is 31.4 Å². The number of nitrogens with one attached hydrogen (secondary N) is 1.